The molecule has 1 aliphatic carbocycles. The van der Waals surface area contributed by atoms with Gasteiger partial charge >= 0.3 is 0 Å². The molecule has 0 radical (unpaired) electrons. The summed E-state index contributed by atoms with van der Waals surface area (Å²) in [7, 11) is 0. The molecule has 1 N–H and O–H groups in total. The van der Waals surface area contributed by atoms with E-state index < -0.39 is 17.3 Å². The summed E-state index contributed by atoms with van der Waals surface area (Å²) in [5.41, 5.74) is 1.24. The molecule has 5 heteroatoms. The van der Waals surface area contributed by atoms with Gasteiger partial charge < -0.3 is 14.6 Å². The van der Waals surface area contributed by atoms with Crippen LogP contribution in [0.15, 0.2) is 17.7 Å². The van der Waals surface area contributed by atoms with E-state index in [1.165, 1.54) is 5.57 Å². The molecule has 2 aliphatic heterocycles. The Kier molecular flexibility index (Phi) is 4.42. The summed E-state index contributed by atoms with van der Waals surface area (Å²) in [5, 5.41) is 11.0. The van der Waals surface area contributed by atoms with Crippen molar-refractivity contribution < 1.29 is 24.2 Å². The van der Waals surface area contributed by atoms with Crippen LogP contribution in [-0.2, 0) is 0 Å². The van der Waals surface area contributed by atoms with Crippen molar-refractivity contribution in [3.63, 3.8) is 0 Å². The second-order valence-electron chi connectivity index (χ2n) is 9.16. The van der Waals surface area contributed by atoms with Gasteiger partial charge in [-0.15, -0.1) is 0 Å². The minimum absolute atomic E-state index is 0.0430. The third-order valence-electron chi connectivity index (χ3n) is 6.83. The lowest BCUT2D eigenvalue weighted by molar-refractivity contribution is -0.125. The molecule has 5 nitrogen and oxygen atoms in total. The summed E-state index contributed by atoms with van der Waals surface area (Å²) in [6.45, 7) is 8.10. The van der Waals surface area contributed by atoms with Crippen molar-refractivity contribution in [3.05, 3.63) is 34.4 Å². The van der Waals surface area contributed by atoms with E-state index in [0.29, 0.717) is 30.5 Å². The van der Waals surface area contributed by atoms with Gasteiger partial charge in [0.15, 0.2) is 12.6 Å². The summed E-state index contributed by atoms with van der Waals surface area (Å²) >= 11 is 0. The van der Waals surface area contributed by atoms with Crippen molar-refractivity contribution in [1.82, 2.24) is 0 Å². The Balaban J connectivity index is 1.86. The number of allylic oxidation sites excluding steroid dienone is 2. The summed E-state index contributed by atoms with van der Waals surface area (Å²) in [4.78, 5) is 23.3. The summed E-state index contributed by atoms with van der Waals surface area (Å²) in [5.74, 6) is 1.17. The quantitative estimate of drug-likeness (QED) is 0.608. The average Bonchev–Trinajstić information content (AvgIpc) is 3.02. The minimum atomic E-state index is -0.989. The monoisotopic (exact) mass is 384 g/mol. The van der Waals surface area contributed by atoms with Gasteiger partial charge in [-0.25, -0.2) is 0 Å². The van der Waals surface area contributed by atoms with E-state index in [1.807, 2.05) is 0 Å². The number of benzene rings is 1. The molecule has 0 spiro atoms. The molecule has 5 unspecified atom stereocenters. The fraction of sp³-hybridized carbons (Fsp3) is 0.565. The molecule has 150 valence electrons. The lowest BCUT2D eigenvalue weighted by Crippen LogP contribution is -2.57. The smallest absolute Gasteiger partial charge is 0.154 e. The maximum Gasteiger partial charge on any atom is 0.154 e. The van der Waals surface area contributed by atoms with Gasteiger partial charge in [-0.05, 0) is 59.4 Å². The lowest BCUT2D eigenvalue weighted by Gasteiger charge is -2.51. The van der Waals surface area contributed by atoms with Crippen molar-refractivity contribution in [2.24, 2.45) is 5.92 Å². The van der Waals surface area contributed by atoms with Crippen LogP contribution in [0.1, 0.15) is 85.6 Å². The maximum atomic E-state index is 11.7. The molecular formula is C23H28O5. The number of carbonyl (C=O) groups is 2. The predicted octanol–water partition coefficient (Wildman–Crippen LogP) is 4.21. The van der Waals surface area contributed by atoms with Gasteiger partial charge in [0.05, 0.1) is 11.2 Å². The maximum absolute atomic E-state index is 11.7. The van der Waals surface area contributed by atoms with Crippen LogP contribution in [0.2, 0.25) is 0 Å². The lowest BCUT2D eigenvalue weighted by atomic mass is 9.61. The number of aliphatic hydroxyl groups is 1. The average molecular weight is 384 g/mol. The van der Waals surface area contributed by atoms with E-state index in [0.717, 1.165) is 24.8 Å². The topological polar surface area (TPSA) is 72.8 Å². The third-order valence-corrected chi connectivity index (χ3v) is 6.83. The van der Waals surface area contributed by atoms with Gasteiger partial charge in [0.2, 0.25) is 0 Å². The second kappa shape index (κ2) is 6.45. The highest BCUT2D eigenvalue weighted by Gasteiger charge is 2.61. The van der Waals surface area contributed by atoms with Crippen LogP contribution in [0.4, 0.5) is 0 Å². The van der Waals surface area contributed by atoms with Crippen LogP contribution < -0.4 is 9.47 Å². The molecular weight excluding hydrogens is 356 g/mol. The van der Waals surface area contributed by atoms with Crippen LogP contribution >= 0.6 is 0 Å². The largest absolute Gasteiger partial charge is 0.487 e. The summed E-state index contributed by atoms with van der Waals surface area (Å²) < 4.78 is 12.7. The van der Waals surface area contributed by atoms with Crippen LogP contribution in [0.25, 0.3) is 0 Å². The Morgan fingerprint density at radius 3 is 2.68 bits per heavy atom. The predicted molar refractivity (Wildman–Crippen MR) is 105 cm³/mol. The number of carbonyl (C=O) groups excluding carboxylic acids is 2. The Hall–Kier alpha value is -2.14. The number of hydrogen-bond donors (Lipinski definition) is 1. The second-order valence-corrected chi connectivity index (χ2v) is 9.16. The Bertz CT molecular complexity index is 864. The van der Waals surface area contributed by atoms with Crippen LogP contribution in [0, 0.1) is 5.92 Å². The van der Waals surface area contributed by atoms with E-state index in [9.17, 15) is 14.7 Å². The molecule has 3 aliphatic rings. The number of ether oxygens (including phenoxy) is 2. The van der Waals surface area contributed by atoms with Crippen molar-refractivity contribution in [3.8, 4) is 11.5 Å². The first-order chi connectivity index (χ1) is 13.2. The van der Waals surface area contributed by atoms with Crippen LogP contribution in [0.5, 0.6) is 11.5 Å². The first-order valence-electron chi connectivity index (χ1n) is 10.0. The number of hydrogen-bond acceptors (Lipinski definition) is 5. The summed E-state index contributed by atoms with van der Waals surface area (Å²) in [6, 6.07) is 1.67. The molecule has 5 atom stereocenters. The highest BCUT2D eigenvalue weighted by Crippen LogP contribution is 2.62. The van der Waals surface area contributed by atoms with Gasteiger partial charge in [0.1, 0.15) is 23.2 Å². The fourth-order valence-corrected chi connectivity index (χ4v) is 5.37. The van der Waals surface area contributed by atoms with Gasteiger partial charge in [0, 0.05) is 23.0 Å². The first-order valence-corrected chi connectivity index (χ1v) is 10.0. The number of aldehydes is 2. The normalized spacial score (nSPS) is 34.7. The van der Waals surface area contributed by atoms with E-state index in [4.69, 9.17) is 9.47 Å². The zero-order valence-corrected chi connectivity index (χ0v) is 17.0. The van der Waals surface area contributed by atoms with E-state index in [-0.39, 0.29) is 23.0 Å². The van der Waals surface area contributed by atoms with Crippen LogP contribution in [0.3, 0.4) is 0 Å². The molecule has 1 aromatic rings. The zero-order valence-electron chi connectivity index (χ0n) is 17.0. The molecule has 4 rings (SSSR count). The molecule has 1 fully saturated rings. The molecule has 0 bridgehead atoms. The van der Waals surface area contributed by atoms with Gasteiger partial charge in [-0.3, -0.25) is 9.59 Å². The fourth-order valence-electron chi connectivity index (χ4n) is 5.37. The van der Waals surface area contributed by atoms with Gasteiger partial charge in [-0.2, -0.15) is 0 Å². The summed E-state index contributed by atoms with van der Waals surface area (Å²) in [6.07, 6.45) is 6.29. The van der Waals surface area contributed by atoms with E-state index >= 15 is 0 Å². The molecule has 1 saturated carbocycles. The highest BCUT2D eigenvalue weighted by atomic mass is 16.5. The molecule has 2 heterocycles. The molecule has 0 amide bonds. The molecule has 0 aromatic heterocycles. The highest BCUT2D eigenvalue weighted by molar-refractivity contribution is 5.95. The zero-order chi connectivity index (χ0) is 20.3. The van der Waals surface area contributed by atoms with Gasteiger partial charge in [0.25, 0.3) is 0 Å². The molecule has 28 heavy (non-hydrogen) atoms. The Morgan fingerprint density at radius 2 is 2.04 bits per heavy atom. The molecule has 1 aromatic carbocycles. The van der Waals surface area contributed by atoms with Crippen molar-refractivity contribution in [2.45, 2.75) is 76.6 Å². The Labute approximate surface area is 165 Å². The van der Waals surface area contributed by atoms with Crippen molar-refractivity contribution in [1.29, 1.82) is 0 Å². The van der Waals surface area contributed by atoms with Gasteiger partial charge in [-0.1, -0.05) is 11.6 Å². The Morgan fingerprint density at radius 1 is 1.29 bits per heavy atom. The first kappa shape index (κ1) is 19.2. The number of rotatable bonds is 5. The van der Waals surface area contributed by atoms with E-state index in [1.54, 1.807) is 13.0 Å². The third kappa shape index (κ3) is 2.71. The standard InChI is InChI=1S/C23H28O5/c1-13(2)6-5-8-23(4)16-7-9-22(3,26)21-18(16)19-17(28-23)10-14(11-24)15(12-25)20(19)27-21/h6,10-12,16,18,21,26H,5,7-9H2,1-4H3. The molecule has 0 saturated heterocycles. The van der Waals surface area contributed by atoms with Crippen molar-refractivity contribution in [2.75, 3.05) is 0 Å². The SMILES string of the molecule is CC(C)=CCCC1(C)Oc2cc(C=O)c(C=O)c3c2C2C(O3)C(C)(O)CCC21. The minimum Gasteiger partial charge on any atom is -0.487 e. The van der Waals surface area contributed by atoms with Crippen LogP contribution in [-0.4, -0.2) is 35.0 Å². The van der Waals surface area contributed by atoms with Crippen molar-refractivity contribution >= 4 is 12.6 Å². The van der Waals surface area contributed by atoms with E-state index in [2.05, 4.69) is 26.8 Å².